The van der Waals surface area contributed by atoms with E-state index in [1.54, 1.807) is 11.9 Å². The number of carbonyl (C=O) groups excluding carboxylic acids is 2. The van der Waals surface area contributed by atoms with Crippen molar-refractivity contribution >= 4 is 11.8 Å². The molecule has 0 saturated carbocycles. The molecule has 0 aliphatic carbocycles. The zero-order chi connectivity index (χ0) is 17.4. The summed E-state index contributed by atoms with van der Waals surface area (Å²) in [5, 5.41) is 11.0. The van der Waals surface area contributed by atoms with Crippen molar-refractivity contribution < 1.29 is 9.59 Å². The van der Waals surface area contributed by atoms with Crippen LogP contribution in [-0.2, 0) is 17.8 Å². The number of nitrogens with one attached hydrogen (secondary N) is 1. The van der Waals surface area contributed by atoms with Gasteiger partial charge in [0, 0.05) is 39.5 Å². The average Bonchev–Trinajstić information content (AvgIpc) is 2.98. The van der Waals surface area contributed by atoms with Gasteiger partial charge in [-0.1, -0.05) is 39.0 Å². The number of likely N-dealkylation sites (N-methyl/N-ethyl adjacent to an activating group) is 1. The van der Waals surface area contributed by atoms with Gasteiger partial charge in [0.15, 0.2) is 0 Å². The lowest BCUT2D eigenvalue weighted by atomic mass is 10.1. The van der Waals surface area contributed by atoms with Crippen molar-refractivity contribution in [3.8, 4) is 0 Å². The molecule has 7 nitrogen and oxygen atoms in total. The highest BCUT2D eigenvalue weighted by molar-refractivity contribution is 5.91. The van der Waals surface area contributed by atoms with Crippen LogP contribution in [0.25, 0.3) is 0 Å². The van der Waals surface area contributed by atoms with Crippen molar-refractivity contribution in [2.45, 2.75) is 64.8 Å². The molecule has 2 amide bonds. The molecule has 0 saturated heterocycles. The van der Waals surface area contributed by atoms with Crippen LogP contribution in [0.5, 0.6) is 0 Å². The first-order valence-corrected chi connectivity index (χ1v) is 9.07. The summed E-state index contributed by atoms with van der Waals surface area (Å²) in [5.41, 5.74) is 0. The van der Waals surface area contributed by atoms with Crippen LogP contribution in [0.4, 0.5) is 0 Å². The Labute approximate surface area is 143 Å². The highest BCUT2D eigenvalue weighted by Crippen LogP contribution is 2.11. The highest BCUT2D eigenvalue weighted by atomic mass is 16.2. The van der Waals surface area contributed by atoms with Crippen LogP contribution in [0, 0.1) is 0 Å². The van der Waals surface area contributed by atoms with E-state index >= 15 is 0 Å². The van der Waals surface area contributed by atoms with E-state index in [0.717, 1.165) is 18.7 Å². The Morgan fingerprint density at radius 3 is 2.67 bits per heavy atom. The molecule has 0 radical (unpaired) electrons. The van der Waals surface area contributed by atoms with Gasteiger partial charge < -0.3 is 14.8 Å². The summed E-state index contributed by atoms with van der Waals surface area (Å²) < 4.78 is 1.86. The molecule has 1 N–H and O–H groups in total. The quantitative estimate of drug-likeness (QED) is 0.661. The largest absolute Gasteiger partial charge is 0.356 e. The third-order valence-electron chi connectivity index (χ3n) is 4.45. The van der Waals surface area contributed by atoms with Crippen LogP contribution in [0.2, 0.25) is 0 Å². The van der Waals surface area contributed by atoms with Crippen molar-refractivity contribution in [1.82, 2.24) is 25.0 Å². The average molecular weight is 335 g/mol. The molecule has 1 aromatic heterocycles. The molecular formula is C17H29N5O2. The number of fused-ring (bicyclic) bond motifs is 1. The van der Waals surface area contributed by atoms with E-state index in [1.165, 1.54) is 25.7 Å². The second-order valence-corrected chi connectivity index (χ2v) is 6.44. The van der Waals surface area contributed by atoms with Crippen LogP contribution in [-0.4, -0.2) is 51.6 Å². The zero-order valence-corrected chi connectivity index (χ0v) is 14.9. The van der Waals surface area contributed by atoms with Crippen molar-refractivity contribution in [2.24, 2.45) is 0 Å². The number of amides is 2. The standard InChI is InChI=1S/C17H29N5O2/c1-3-4-5-6-7-8-9-15(23)18-11-10-14-19-20-16-17(24)21(2)12-13-22(14)16/h3-13H2,1-2H3,(H,18,23). The summed E-state index contributed by atoms with van der Waals surface area (Å²) in [6.45, 7) is 4.12. The summed E-state index contributed by atoms with van der Waals surface area (Å²) in [4.78, 5) is 25.4. The SMILES string of the molecule is CCCCCCCCC(=O)NCCc1nnc2n1CCN(C)C2=O. The van der Waals surface area contributed by atoms with E-state index in [2.05, 4.69) is 22.4 Å². The second-order valence-electron chi connectivity index (χ2n) is 6.44. The van der Waals surface area contributed by atoms with Crippen LogP contribution < -0.4 is 5.32 Å². The van der Waals surface area contributed by atoms with Crippen LogP contribution in [0.1, 0.15) is 68.3 Å². The van der Waals surface area contributed by atoms with E-state index in [-0.39, 0.29) is 11.8 Å². The minimum atomic E-state index is -0.0906. The summed E-state index contributed by atoms with van der Waals surface area (Å²) in [6, 6.07) is 0. The molecule has 2 heterocycles. The van der Waals surface area contributed by atoms with Gasteiger partial charge in [0.2, 0.25) is 11.7 Å². The molecule has 0 bridgehead atoms. The van der Waals surface area contributed by atoms with Crippen LogP contribution >= 0.6 is 0 Å². The molecule has 0 unspecified atom stereocenters. The third kappa shape index (κ3) is 5.04. The van der Waals surface area contributed by atoms with Gasteiger partial charge in [-0.15, -0.1) is 10.2 Å². The second kappa shape index (κ2) is 9.39. The topological polar surface area (TPSA) is 80.1 Å². The number of hydrogen-bond acceptors (Lipinski definition) is 4. The molecule has 0 fully saturated rings. The predicted molar refractivity (Wildman–Crippen MR) is 91.7 cm³/mol. The molecule has 0 spiro atoms. The van der Waals surface area contributed by atoms with E-state index in [0.29, 0.717) is 38.3 Å². The molecule has 134 valence electrons. The van der Waals surface area contributed by atoms with Crippen molar-refractivity contribution in [1.29, 1.82) is 0 Å². The number of nitrogens with zero attached hydrogens (tertiary/aromatic N) is 4. The Bertz CT molecular complexity index is 555. The molecule has 1 aliphatic heterocycles. The summed E-state index contributed by atoms with van der Waals surface area (Å²) in [5.74, 6) is 1.18. The summed E-state index contributed by atoms with van der Waals surface area (Å²) in [6.07, 6.45) is 8.29. The van der Waals surface area contributed by atoms with Crippen molar-refractivity contribution in [3.63, 3.8) is 0 Å². The maximum atomic E-state index is 12.0. The summed E-state index contributed by atoms with van der Waals surface area (Å²) >= 11 is 0. The molecule has 24 heavy (non-hydrogen) atoms. The lowest BCUT2D eigenvalue weighted by Gasteiger charge is -2.23. The molecular weight excluding hydrogens is 306 g/mol. The maximum absolute atomic E-state index is 12.0. The smallest absolute Gasteiger partial charge is 0.291 e. The predicted octanol–water partition coefficient (Wildman–Crippen LogP) is 1.77. The molecule has 0 aromatic carbocycles. The number of unbranched alkanes of at least 4 members (excludes halogenated alkanes) is 5. The van der Waals surface area contributed by atoms with Crippen molar-refractivity contribution in [3.05, 3.63) is 11.6 Å². The van der Waals surface area contributed by atoms with E-state index < -0.39 is 0 Å². The molecule has 1 aromatic rings. The Morgan fingerprint density at radius 1 is 1.12 bits per heavy atom. The summed E-state index contributed by atoms with van der Waals surface area (Å²) in [7, 11) is 1.77. The monoisotopic (exact) mass is 335 g/mol. The first-order valence-electron chi connectivity index (χ1n) is 9.07. The van der Waals surface area contributed by atoms with Gasteiger partial charge in [-0.05, 0) is 6.42 Å². The van der Waals surface area contributed by atoms with Gasteiger partial charge in [0.1, 0.15) is 5.82 Å². The normalized spacial score (nSPS) is 13.9. The maximum Gasteiger partial charge on any atom is 0.291 e. The third-order valence-corrected chi connectivity index (χ3v) is 4.45. The van der Waals surface area contributed by atoms with E-state index in [1.807, 2.05) is 4.57 Å². The van der Waals surface area contributed by atoms with Gasteiger partial charge in [-0.3, -0.25) is 9.59 Å². The molecule has 2 rings (SSSR count). The van der Waals surface area contributed by atoms with Crippen molar-refractivity contribution in [2.75, 3.05) is 20.1 Å². The fourth-order valence-corrected chi connectivity index (χ4v) is 2.90. The fraction of sp³-hybridized carbons (Fsp3) is 0.765. The van der Waals surface area contributed by atoms with Gasteiger partial charge in [-0.25, -0.2) is 0 Å². The van der Waals surface area contributed by atoms with Gasteiger partial charge in [0.25, 0.3) is 5.91 Å². The van der Waals surface area contributed by atoms with Crippen LogP contribution in [0.3, 0.4) is 0 Å². The molecule has 1 aliphatic rings. The minimum Gasteiger partial charge on any atom is -0.356 e. The lowest BCUT2D eigenvalue weighted by molar-refractivity contribution is -0.121. The molecule has 7 heteroatoms. The van der Waals surface area contributed by atoms with Crippen LogP contribution in [0.15, 0.2) is 0 Å². The Hall–Kier alpha value is -1.92. The number of aromatic nitrogens is 3. The fourth-order valence-electron chi connectivity index (χ4n) is 2.90. The van der Waals surface area contributed by atoms with Gasteiger partial charge in [-0.2, -0.15) is 0 Å². The van der Waals surface area contributed by atoms with E-state index in [4.69, 9.17) is 0 Å². The number of carbonyl (C=O) groups is 2. The van der Waals surface area contributed by atoms with Gasteiger partial charge in [0.05, 0.1) is 0 Å². The number of hydrogen-bond donors (Lipinski definition) is 1. The Kier molecular flexibility index (Phi) is 7.21. The Morgan fingerprint density at radius 2 is 1.88 bits per heavy atom. The first-order chi connectivity index (χ1) is 11.6. The molecule has 0 atom stereocenters. The van der Waals surface area contributed by atoms with Gasteiger partial charge >= 0.3 is 0 Å². The minimum absolute atomic E-state index is 0.0906. The lowest BCUT2D eigenvalue weighted by Crippen LogP contribution is -2.38. The van der Waals surface area contributed by atoms with E-state index in [9.17, 15) is 9.59 Å². The highest BCUT2D eigenvalue weighted by Gasteiger charge is 2.26. The first kappa shape index (κ1) is 18.4. The zero-order valence-electron chi connectivity index (χ0n) is 14.9. The number of rotatable bonds is 10. The Balaban J connectivity index is 1.65.